The highest BCUT2D eigenvalue weighted by atomic mass is 79.9. The number of likely N-dealkylation sites (N-methyl/N-ethyl adjacent to an activating group) is 1. The zero-order chi connectivity index (χ0) is 10.7. The van der Waals surface area contributed by atoms with Crippen LogP contribution >= 0.6 is 27.3 Å². The van der Waals surface area contributed by atoms with Crippen molar-refractivity contribution in [2.75, 3.05) is 7.05 Å². The van der Waals surface area contributed by atoms with Crippen LogP contribution in [0.2, 0.25) is 0 Å². The third kappa shape index (κ3) is 3.19. The molecule has 0 saturated carbocycles. The lowest BCUT2D eigenvalue weighted by molar-refractivity contribution is -0.121. The first-order chi connectivity index (χ1) is 6.50. The van der Waals surface area contributed by atoms with E-state index in [4.69, 9.17) is 0 Å². The molecule has 0 amide bonds. The number of rotatable bonds is 4. The third-order valence-corrected chi connectivity index (χ3v) is 3.86. The molecule has 1 atom stereocenters. The second-order valence-electron chi connectivity index (χ2n) is 3.46. The van der Waals surface area contributed by atoms with Crippen LogP contribution in [0.1, 0.15) is 19.4 Å². The summed E-state index contributed by atoms with van der Waals surface area (Å²) in [6.45, 7) is 4.39. The first kappa shape index (κ1) is 11.9. The summed E-state index contributed by atoms with van der Waals surface area (Å²) < 4.78 is 1.14. The normalized spacial score (nSPS) is 13.2. The summed E-state index contributed by atoms with van der Waals surface area (Å²) in [6, 6.07) is 2.09. The van der Waals surface area contributed by atoms with Crippen molar-refractivity contribution >= 4 is 33.0 Å². The molecular formula is C10H14BrNOS. The molecular weight excluding hydrogens is 262 g/mol. The van der Waals surface area contributed by atoms with Crippen LogP contribution < -0.4 is 0 Å². The van der Waals surface area contributed by atoms with Gasteiger partial charge in [-0.25, -0.2) is 0 Å². The molecule has 0 spiro atoms. The number of hydrogen-bond donors (Lipinski definition) is 0. The van der Waals surface area contributed by atoms with Crippen molar-refractivity contribution in [3.05, 3.63) is 20.8 Å². The lowest BCUT2D eigenvalue weighted by atomic mass is 10.2. The predicted molar refractivity (Wildman–Crippen MR) is 63.6 cm³/mol. The molecule has 1 heterocycles. The van der Waals surface area contributed by atoms with E-state index in [1.165, 1.54) is 5.56 Å². The average molecular weight is 276 g/mol. The van der Waals surface area contributed by atoms with Gasteiger partial charge < -0.3 is 0 Å². The van der Waals surface area contributed by atoms with Gasteiger partial charge in [0, 0.05) is 6.54 Å². The van der Waals surface area contributed by atoms with E-state index in [1.54, 1.807) is 18.3 Å². The fourth-order valence-electron chi connectivity index (χ4n) is 1.16. The molecule has 0 saturated heterocycles. The minimum absolute atomic E-state index is 0.00586. The van der Waals surface area contributed by atoms with Gasteiger partial charge in [0.2, 0.25) is 0 Å². The molecule has 1 unspecified atom stereocenters. The zero-order valence-corrected chi connectivity index (χ0v) is 11.0. The van der Waals surface area contributed by atoms with E-state index in [9.17, 15) is 4.79 Å². The predicted octanol–water partition coefficient (Wildman–Crippen LogP) is 2.92. The SMILES string of the molecule is CC(=O)C(C)N(C)Cc1csc(Br)c1. The minimum Gasteiger partial charge on any atom is -0.298 e. The molecule has 0 radical (unpaired) electrons. The largest absolute Gasteiger partial charge is 0.298 e. The van der Waals surface area contributed by atoms with E-state index >= 15 is 0 Å². The maximum Gasteiger partial charge on any atom is 0.146 e. The van der Waals surface area contributed by atoms with E-state index in [1.807, 2.05) is 14.0 Å². The summed E-state index contributed by atoms with van der Waals surface area (Å²) in [6.07, 6.45) is 0. The second kappa shape index (κ2) is 5.05. The van der Waals surface area contributed by atoms with E-state index < -0.39 is 0 Å². The molecule has 0 aliphatic heterocycles. The number of Topliss-reactive ketones (excluding diaryl/α,β-unsaturated/α-hetero) is 1. The smallest absolute Gasteiger partial charge is 0.146 e. The Kier molecular flexibility index (Phi) is 4.29. The average Bonchev–Trinajstić information content (AvgIpc) is 2.49. The van der Waals surface area contributed by atoms with Crippen molar-refractivity contribution in [2.45, 2.75) is 26.4 Å². The lowest BCUT2D eigenvalue weighted by Gasteiger charge is -2.21. The van der Waals surface area contributed by atoms with Crippen molar-refractivity contribution in [3.8, 4) is 0 Å². The van der Waals surface area contributed by atoms with Gasteiger partial charge in [-0.1, -0.05) is 0 Å². The van der Waals surface area contributed by atoms with Crippen LogP contribution in [0.25, 0.3) is 0 Å². The van der Waals surface area contributed by atoms with Gasteiger partial charge in [-0.3, -0.25) is 9.69 Å². The lowest BCUT2D eigenvalue weighted by Crippen LogP contribution is -2.33. The molecule has 14 heavy (non-hydrogen) atoms. The Hall–Kier alpha value is -0.190. The Morgan fingerprint density at radius 1 is 1.71 bits per heavy atom. The molecule has 1 aromatic rings. The van der Waals surface area contributed by atoms with Crippen molar-refractivity contribution in [2.24, 2.45) is 0 Å². The summed E-state index contributed by atoms with van der Waals surface area (Å²) in [5.74, 6) is 0.210. The van der Waals surface area contributed by atoms with Gasteiger partial charge in [-0.2, -0.15) is 0 Å². The molecule has 0 aromatic carbocycles. The molecule has 1 aromatic heterocycles. The maximum absolute atomic E-state index is 11.1. The van der Waals surface area contributed by atoms with Gasteiger partial charge in [0.05, 0.1) is 9.83 Å². The Bertz CT molecular complexity index is 324. The van der Waals surface area contributed by atoms with Crippen molar-refractivity contribution < 1.29 is 4.79 Å². The summed E-state index contributed by atoms with van der Waals surface area (Å²) in [5, 5.41) is 2.10. The third-order valence-electron chi connectivity index (χ3n) is 2.30. The van der Waals surface area contributed by atoms with Crippen LogP contribution in [-0.4, -0.2) is 23.8 Å². The molecule has 0 N–H and O–H groups in total. The number of carbonyl (C=O) groups is 1. The van der Waals surface area contributed by atoms with Crippen LogP contribution in [0.5, 0.6) is 0 Å². The van der Waals surface area contributed by atoms with Crippen LogP contribution in [-0.2, 0) is 11.3 Å². The minimum atomic E-state index is -0.00586. The maximum atomic E-state index is 11.1. The number of nitrogens with zero attached hydrogens (tertiary/aromatic N) is 1. The molecule has 0 fully saturated rings. The van der Waals surface area contributed by atoms with E-state index in [0.29, 0.717) is 0 Å². The fourth-order valence-corrected chi connectivity index (χ4v) is 2.36. The molecule has 0 bridgehead atoms. The summed E-state index contributed by atoms with van der Waals surface area (Å²) >= 11 is 5.09. The molecule has 0 aliphatic carbocycles. The number of hydrogen-bond acceptors (Lipinski definition) is 3. The summed E-state index contributed by atoms with van der Waals surface area (Å²) in [7, 11) is 1.97. The number of carbonyl (C=O) groups excluding carboxylic acids is 1. The van der Waals surface area contributed by atoms with Crippen LogP contribution in [0.3, 0.4) is 0 Å². The Labute approximate surface area is 97.1 Å². The molecule has 1 rings (SSSR count). The van der Waals surface area contributed by atoms with Gasteiger partial charge in [-0.05, 0) is 53.8 Å². The number of thiophene rings is 1. The first-order valence-corrected chi connectivity index (χ1v) is 6.11. The van der Waals surface area contributed by atoms with Crippen LogP contribution in [0.4, 0.5) is 0 Å². The van der Waals surface area contributed by atoms with Gasteiger partial charge in [-0.15, -0.1) is 11.3 Å². The second-order valence-corrected chi connectivity index (χ2v) is 5.75. The standard InChI is InChI=1S/C10H14BrNOS/c1-7(8(2)13)12(3)5-9-4-10(11)14-6-9/h4,6-7H,5H2,1-3H3. The van der Waals surface area contributed by atoms with Crippen molar-refractivity contribution in [3.63, 3.8) is 0 Å². The van der Waals surface area contributed by atoms with Crippen LogP contribution in [0.15, 0.2) is 15.2 Å². The topological polar surface area (TPSA) is 20.3 Å². The monoisotopic (exact) mass is 275 g/mol. The van der Waals surface area contributed by atoms with E-state index in [2.05, 4.69) is 32.3 Å². The van der Waals surface area contributed by atoms with Gasteiger partial charge in [0.1, 0.15) is 5.78 Å². The molecule has 78 valence electrons. The zero-order valence-electron chi connectivity index (χ0n) is 8.58. The highest BCUT2D eigenvalue weighted by molar-refractivity contribution is 9.11. The highest BCUT2D eigenvalue weighted by Gasteiger charge is 2.14. The quantitative estimate of drug-likeness (QED) is 0.842. The fraction of sp³-hybridized carbons (Fsp3) is 0.500. The van der Waals surface area contributed by atoms with E-state index in [-0.39, 0.29) is 11.8 Å². The number of halogens is 1. The van der Waals surface area contributed by atoms with Gasteiger partial charge in [0.25, 0.3) is 0 Å². The Morgan fingerprint density at radius 2 is 2.36 bits per heavy atom. The molecule has 0 aliphatic rings. The highest BCUT2D eigenvalue weighted by Crippen LogP contribution is 2.21. The Morgan fingerprint density at radius 3 is 2.79 bits per heavy atom. The van der Waals surface area contributed by atoms with Gasteiger partial charge in [0.15, 0.2) is 0 Å². The first-order valence-electron chi connectivity index (χ1n) is 4.44. The Balaban J connectivity index is 2.56. The van der Waals surface area contributed by atoms with Crippen LogP contribution in [0, 0.1) is 0 Å². The van der Waals surface area contributed by atoms with Crippen molar-refractivity contribution in [1.82, 2.24) is 4.90 Å². The van der Waals surface area contributed by atoms with E-state index in [0.717, 1.165) is 10.3 Å². The van der Waals surface area contributed by atoms with Crippen molar-refractivity contribution in [1.29, 1.82) is 0 Å². The van der Waals surface area contributed by atoms with Gasteiger partial charge >= 0.3 is 0 Å². The summed E-state index contributed by atoms with van der Waals surface area (Å²) in [4.78, 5) is 13.2. The number of ketones is 1. The summed E-state index contributed by atoms with van der Waals surface area (Å²) in [5.41, 5.74) is 1.25. The molecule has 2 nitrogen and oxygen atoms in total. The molecule has 4 heteroatoms.